The first-order valence-electron chi connectivity index (χ1n) is 7.98. The van der Waals surface area contributed by atoms with E-state index in [1.54, 1.807) is 17.4 Å². The lowest BCUT2D eigenvalue weighted by molar-refractivity contribution is -0.126. The summed E-state index contributed by atoms with van der Waals surface area (Å²) in [5.41, 5.74) is 1.12. The third-order valence-electron chi connectivity index (χ3n) is 4.26. The summed E-state index contributed by atoms with van der Waals surface area (Å²) in [6.07, 6.45) is 6.71. The molecule has 1 aromatic heterocycles. The summed E-state index contributed by atoms with van der Waals surface area (Å²) in [6.45, 7) is 1.50. The molecule has 23 heavy (non-hydrogen) atoms. The number of amides is 1. The number of carbonyl (C=O) groups is 1. The zero-order chi connectivity index (χ0) is 16.1. The first kappa shape index (κ1) is 15.9. The Morgan fingerprint density at radius 2 is 2.04 bits per heavy atom. The molecule has 1 aliphatic heterocycles. The molecule has 2 aromatic rings. The molecule has 0 spiro atoms. The molecule has 1 fully saturated rings. The van der Waals surface area contributed by atoms with Gasteiger partial charge in [0.2, 0.25) is 5.91 Å². The number of nitrogens with zero attached hydrogens (tertiary/aromatic N) is 1. The van der Waals surface area contributed by atoms with Gasteiger partial charge in [0.1, 0.15) is 5.82 Å². The van der Waals surface area contributed by atoms with Gasteiger partial charge in [0.25, 0.3) is 0 Å². The fourth-order valence-corrected chi connectivity index (χ4v) is 3.61. The summed E-state index contributed by atoms with van der Waals surface area (Å²) in [7, 11) is 0. The van der Waals surface area contributed by atoms with Crippen molar-refractivity contribution >= 4 is 23.3 Å². The Hall–Kier alpha value is -1.94. The van der Waals surface area contributed by atoms with Gasteiger partial charge in [-0.05, 0) is 48.1 Å². The van der Waals surface area contributed by atoms with E-state index in [1.165, 1.54) is 12.1 Å². The number of carbonyl (C=O) groups excluding carboxylic acids is 1. The van der Waals surface area contributed by atoms with Crippen LogP contribution in [0.5, 0.6) is 0 Å². The van der Waals surface area contributed by atoms with E-state index in [2.05, 4.69) is 0 Å². The molecule has 0 bridgehead atoms. The maximum absolute atomic E-state index is 13.1. The molecular formula is C19H20FNOS. The van der Waals surface area contributed by atoms with Gasteiger partial charge in [0.15, 0.2) is 0 Å². The Bertz CT molecular complexity index is 663. The van der Waals surface area contributed by atoms with E-state index < -0.39 is 0 Å². The Morgan fingerprint density at radius 3 is 2.78 bits per heavy atom. The summed E-state index contributed by atoms with van der Waals surface area (Å²) in [5, 5.41) is 2.00. The molecule has 0 saturated carbocycles. The van der Waals surface area contributed by atoms with Crippen LogP contribution in [0.4, 0.5) is 4.39 Å². The molecule has 1 aliphatic rings. The molecule has 0 aliphatic carbocycles. The molecule has 0 N–H and O–H groups in total. The van der Waals surface area contributed by atoms with Gasteiger partial charge in [-0.1, -0.05) is 24.6 Å². The van der Waals surface area contributed by atoms with Crippen LogP contribution < -0.4 is 0 Å². The lowest BCUT2D eigenvalue weighted by Gasteiger charge is -2.23. The van der Waals surface area contributed by atoms with E-state index in [-0.39, 0.29) is 17.6 Å². The molecule has 2 heterocycles. The summed E-state index contributed by atoms with van der Waals surface area (Å²) < 4.78 is 13.1. The highest BCUT2D eigenvalue weighted by atomic mass is 32.1. The first-order valence-corrected chi connectivity index (χ1v) is 8.86. The highest BCUT2D eigenvalue weighted by Crippen LogP contribution is 2.27. The van der Waals surface area contributed by atoms with Crippen molar-refractivity contribution in [2.24, 2.45) is 0 Å². The third-order valence-corrected chi connectivity index (χ3v) is 5.10. The monoisotopic (exact) mass is 329 g/mol. The number of thiophene rings is 1. The Balaban J connectivity index is 1.69. The number of rotatable bonds is 3. The lowest BCUT2D eigenvalue weighted by atomic mass is 9.94. The minimum Gasteiger partial charge on any atom is -0.339 e. The molecule has 2 nitrogen and oxygen atoms in total. The molecule has 1 aromatic carbocycles. The van der Waals surface area contributed by atoms with Gasteiger partial charge in [0.05, 0.1) is 0 Å². The number of benzene rings is 1. The maximum atomic E-state index is 13.1. The van der Waals surface area contributed by atoms with Crippen molar-refractivity contribution in [2.75, 3.05) is 13.1 Å². The van der Waals surface area contributed by atoms with Gasteiger partial charge in [-0.2, -0.15) is 0 Å². The van der Waals surface area contributed by atoms with Crippen molar-refractivity contribution < 1.29 is 9.18 Å². The van der Waals surface area contributed by atoms with Crippen LogP contribution in [-0.2, 0) is 4.79 Å². The quantitative estimate of drug-likeness (QED) is 0.748. The highest BCUT2D eigenvalue weighted by Gasteiger charge is 2.22. The van der Waals surface area contributed by atoms with Gasteiger partial charge < -0.3 is 4.90 Å². The van der Waals surface area contributed by atoms with E-state index in [4.69, 9.17) is 0 Å². The van der Waals surface area contributed by atoms with Crippen LogP contribution in [-0.4, -0.2) is 23.9 Å². The highest BCUT2D eigenvalue weighted by molar-refractivity contribution is 7.10. The van der Waals surface area contributed by atoms with E-state index in [9.17, 15) is 9.18 Å². The van der Waals surface area contributed by atoms with Crippen LogP contribution in [0.25, 0.3) is 6.08 Å². The average Bonchev–Trinajstić information content (AvgIpc) is 2.96. The molecular weight excluding hydrogens is 309 g/mol. The fourth-order valence-electron chi connectivity index (χ4n) is 2.99. The zero-order valence-corrected chi connectivity index (χ0v) is 13.8. The van der Waals surface area contributed by atoms with Crippen molar-refractivity contribution in [1.29, 1.82) is 0 Å². The van der Waals surface area contributed by atoms with E-state index in [0.717, 1.165) is 36.2 Å². The average molecular weight is 329 g/mol. The van der Waals surface area contributed by atoms with E-state index in [1.807, 2.05) is 40.6 Å². The van der Waals surface area contributed by atoms with Crippen LogP contribution in [0.3, 0.4) is 0 Å². The fraction of sp³-hybridized carbons (Fsp3) is 0.316. The van der Waals surface area contributed by atoms with Crippen molar-refractivity contribution in [3.05, 3.63) is 64.1 Å². The molecule has 3 rings (SSSR count). The molecule has 1 saturated heterocycles. The molecule has 4 heteroatoms. The second-order valence-corrected chi connectivity index (χ2v) is 6.86. The summed E-state index contributed by atoms with van der Waals surface area (Å²) >= 11 is 1.62. The minimum absolute atomic E-state index is 0.0624. The van der Waals surface area contributed by atoms with Crippen molar-refractivity contribution in [2.45, 2.75) is 25.2 Å². The summed E-state index contributed by atoms with van der Waals surface area (Å²) in [5.74, 6) is 0.138. The van der Waals surface area contributed by atoms with Gasteiger partial charge >= 0.3 is 0 Å². The minimum atomic E-state index is -0.214. The molecule has 120 valence electrons. The zero-order valence-electron chi connectivity index (χ0n) is 13.0. The Kier molecular flexibility index (Phi) is 5.23. The van der Waals surface area contributed by atoms with Crippen LogP contribution in [0.15, 0.2) is 47.9 Å². The predicted molar refractivity (Wildman–Crippen MR) is 92.9 cm³/mol. The Labute approximate surface area is 140 Å². The Morgan fingerprint density at radius 1 is 1.22 bits per heavy atom. The third kappa shape index (κ3) is 4.29. The van der Waals surface area contributed by atoms with Crippen LogP contribution in [0, 0.1) is 5.82 Å². The van der Waals surface area contributed by atoms with Gasteiger partial charge in [-0.25, -0.2) is 4.39 Å². The van der Waals surface area contributed by atoms with Gasteiger partial charge in [-0.3, -0.25) is 4.79 Å². The second-order valence-electron chi connectivity index (χ2n) is 5.88. The van der Waals surface area contributed by atoms with Crippen molar-refractivity contribution in [3.8, 4) is 0 Å². The first-order chi connectivity index (χ1) is 11.2. The molecule has 1 atom stereocenters. The van der Waals surface area contributed by atoms with E-state index in [0.29, 0.717) is 6.54 Å². The predicted octanol–water partition coefficient (Wildman–Crippen LogP) is 4.70. The lowest BCUT2D eigenvalue weighted by Crippen LogP contribution is -2.32. The standard InChI is InChI=1S/C19H20FNOS/c20-17-8-6-15(7-9-17)16-4-1-2-12-21(14-16)19(22)11-10-18-5-3-13-23-18/h3,5-11,13,16H,1-2,4,12,14H2. The maximum Gasteiger partial charge on any atom is 0.246 e. The topological polar surface area (TPSA) is 20.3 Å². The number of hydrogen-bond donors (Lipinski definition) is 0. The number of hydrogen-bond acceptors (Lipinski definition) is 2. The molecule has 1 amide bonds. The smallest absolute Gasteiger partial charge is 0.246 e. The largest absolute Gasteiger partial charge is 0.339 e. The SMILES string of the molecule is O=C(C=Cc1cccs1)N1CCCCC(c2ccc(F)cc2)C1. The summed E-state index contributed by atoms with van der Waals surface area (Å²) in [4.78, 5) is 15.5. The van der Waals surface area contributed by atoms with Crippen LogP contribution in [0.2, 0.25) is 0 Å². The number of likely N-dealkylation sites (tertiary alicyclic amines) is 1. The van der Waals surface area contributed by atoms with Crippen molar-refractivity contribution in [1.82, 2.24) is 4.90 Å². The van der Waals surface area contributed by atoms with E-state index >= 15 is 0 Å². The number of halogens is 1. The molecule has 1 unspecified atom stereocenters. The second kappa shape index (κ2) is 7.55. The van der Waals surface area contributed by atoms with Crippen molar-refractivity contribution in [3.63, 3.8) is 0 Å². The van der Waals surface area contributed by atoms with Crippen LogP contribution in [0.1, 0.15) is 35.6 Å². The van der Waals surface area contributed by atoms with Crippen LogP contribution >= 0.6 is 11.3 Å². The summed E-state index contributed by atoms with van der Waals surface area (Å²) in [6, 6.07) is 10.7. The van der Waals surface area contributed by atoms with Gasteiger partial charge in [0, 0.05) is 30.0 Å². The molecule has 0 radical (unpaired) electrons. The van der Waals surface area contributed by atoms with Gasteiger partial charge in [-0.15, -0.1) is 11.3 Å². The normalized spacial score (nSPS) is 19.0.